The molecule has 144 valence electrons. The van der Waals surface area contributed by atoms with Crippen LogP contribution in [-0.4, -0.2) is 21.6 Å². The molecular weight excluding hydrogens is 372 g/mol. The Morgan fingerprint density at radius 2 is 1.89 bits per heavy atom. The summed E-state index contributed by atoms with van der Waals surface area (Å²) in [5.74, 6) is -2.32. The number of hydrogen-bond donors (Lipinski definition) is 1. The van der Waals surface area contributed by atoms with Gasteiger partial charge in [-0.2, -0.15) is 5.10 Å². The first-order valence-electron chi connectivity index (χ1n) is 9.21. The number of hydrogen-bond acceptors (Lipinski definition) is 2. The first-order valence-corrected chi connectivity index (χ1v) is 9.58. The van der Waals surface area contributed by atoms with Crippen LogP contribution < -0.4 is 5.32 Å². The summed E-state index contributed by atoms with van der Waals surface area (Å²) in [6.45, 7) is 1.59. The van der Waals surface area contributed by atoms with E-state index in [9.17, 15) is 13.6 Å². The monoisotopic (exact) mass is 393 g/mol. The standard InChI is InChI=1S/C20H22ClF2N3O/c1-19(10-20(22,23)11-19)18(27)24-17-15(12-4-3-5-12)16(26(2)25-17)13-6-8-14(21)9-7-13/h6-9,12H,3-5,10-11H2,1-2H3,(H,24,25,27). The van der Waals surface area contributed by atoms with Crippen molar-refractivity contribution in [2.24, 2.45) is 12.5 Å². The minimum atomic E-state index is -2.75. The third-order valence-electron chi connectivity index (χ3n) is 5.79. The summed E-state index contributed by atoms with van der Waals surface area (Å²) in [6, 6.07) is 7.51. The molecule has 2 aromatic rings. The average molecular weight is 394 g/mol. The number of nitrogens with zero attached hydrogens (tertiary/aromatic N) is 2. The molecule has 4 rings (SSSR count). The second kappa shape index (κ2) is 6.30. The van der Waals surface area contributed by atoms with Crippen LogP contribution in [0.3, 0.4) is 0 Å². The average Bonchev–Trinajstić information content (AvgIpc) is 2.81. The smallest absolute Gasteiger partial charge is 0.250 e. The van der Waals surface area contributed by atoms with Crippen molar-refractivity contribution < 1.29 is 13.6 Å². The Balaban J connectivity index is 1.68. The summed E-state index contributed by atoms with van der Waals surface area (Å²) < 4.78 is 28.4. The van der Waals surface area contributed by atoms with Crippen molar-refractivity contribution in [2.75, 3.05) is 5.32 Å². The van der Waals surface area contributed by atoms with Crippen LogP contribution in [0.2, 0.25) is 5.02 Å². The summed E-state index contributed by atoms with van der Waals surface area (Å²) in [5.41, 5.74) is 1.86. The number of benzene rings is 1. The molecule has 2 saturated carbocycles. The number of rotatable bonds is 4. The van der Waals surface area contributed by atoms with Crippen LogP contribution in [0.15, 0.2) is 24.3 Å². The fraction of sp³-hybridized carbons (Fsp3) is 0.500. The van der Waals surface area contributed by atoms with Gasteiger partial charge in [-0.3, -0.25) is 9.48 Å². The van der Waals surface area contributed by atoms with Crippen LogP contribution >= 0.6 is 11.6 Å². The molecule has 1 aromatic heterocycles. The number of aryl methyl sites for hydroxylation is 1. The molecule has 2 aliphatic rings. The lowest BCUT2D eigenvalue weighted by Crippen LogP contribution is -2.51. The largest absolute Gasteiger partial charge is 0.308 e. The van der Waals surface area contributed by atoms with E-state index in [0.717, 1.165) is 36.1 Å². The van der Waals surface area contributed by atoms with Crippen LogP contribution in [0, 0.1) is 5.41 Å². The van der Waals surface area contributed by atoms with Gasteiger partial charge in [0.05, 0.1) is 11.1 Å². The van der Waals surface area contributed by atoms with Crippen LogP contribution in [0.25, 0.3) is 11.3 Å². The number of amides is 1. The topological polar surface area (TPSA) is 46.9 Å². The van der Waals surface area contributed by atoms with Crippen LogP contribution in [0.5, 0.6) is 0 Å². The van der Waals surface area contributed by atoms with Gasteiger partial charge in [-0.05, 0) is 30.9 Å². The minimum Gasteiger partial charge on any atom is -0.308 e. The third kappa shape index (κ3) is 3.24. The van der Waals surface area contributed by atoms with E-state index in [-0.39, 0.29) is 5.91 Å². The van der Waals surface area contributed by atoms with E-state index in [4.69, 9.17) is 11.6 Å². The zero-order valence-corrected chi connectivity index (χ0v) is 16.1. The van der Waals surface area contributed by atoms with E-state index in [1.165, 1.54) is 0 Å². The number of carbonyl (C=O) groups excluding carboxylic acids is 1. The van der Waals surface area contributed by atoms with Crippen molar-refractivity contribution in [1.29, 1.82) is 0 Å². The highest BCUT2D eigenvalue weighted by Crippen LogP contribution is 2.52. The van der Waals surface area contributed by atoms with Gasteiger partial charge >= 0.3 is 0 Å². The molecule has 0 atom stereocenters. The molecule has 2 aliphatic carbocycles. The molecule has 1 aromatic carbocycles. The van der Waals surface area contributed by atoms with Gasteiger partial charge in [-0.25, -0.2) is 8.78 Å². The summed E-state index contributed by atoms with van der Waals surface area (Å²) in [7, 11) is 1.83. The molecule has 0 unspecified atom stereocenters. The number of alkyl halides is 2. The first kappa shape index (κ1) is 18.4. The number of aromatic nitrogens is 2. The second-order valence-corrected chi connectivity index (χ2v) is 8.53. The van der Waals surface area contributed by atoms with Gasteiger partial charge in [0, 0.05) is 36.0 Å². The van der Waals surface area contributed by atoms with E-state index >= 15 is 0 Å². The lowest BCUT2D eigenvalue weighted by atomic mass is 9.67. The van der Waals surface area contributed by atoms with Gasteiger partial charge in [0.25, 0.3) is 0 Å². The lowest BCUT2D eigenvalue weighted by Gasteiger charge is -2.43. The molecule has 7 heteroatoms. The summed E-state index contributed by atoms with van der Waals surface area (Å²) in [4.78, 5) is 12.7. The zero-order chi connectivity index (χ0) is 19.4. The maximum absolute atomic E-state index is 13.3. The van der Waals surface area contributed by atoms with Crippen molar-refractivity contribution in [1.82, 2.24) is 9.78 Å². The van der Waals surface area contributed by atoms with Crippen molar-refractivity contribution in [3.8, 4) is 11.3 Å². The van der Waals surface area contributed by atoms with Gasteiger partial charge in [0.15, 0.2) is 5.82 Å². The molecule has 0 saturated heterocycles. The van der Waals surface area contributed by atoms with E-state index < -0.39 is 24.2 Å². The van der Waals surface area contributed by atoms with Crippen LogP contribution in [-0.2, 0) is 11.8 Å². The highest BCUT2D eigenvalue weighted by Gasteiger charge is 2.58. The second-order valence-electron chi connectivity index (χ2n) is 8.09. The number of carbonyl (C=O) groups is 1. The Morgan fingerprint density at radius 3 is 2.41 bits per heavy atom. The molecular formula is C20H22ClF2N3O. The van der Waals surface area contributed by atoms with Gasteiger partial charge in [-0.1, -0.05) is 37.1 Å². The van der Waals surface area contributed by atoms with Gasteiger partial charge < -0.3 is 5.32 Å². The third-order valence-corrected chi connectivity index (χ3v) is 6.04. The Morgan fingerprint density at radius 1 is 1.26 bits per heavy atom. The molecule has 0 aliphatic heterocycles. The fourth-order valence-electron chi connectivity index (χ4n) is 4.18. The van der Waals surface area contributed by atoms with Crippen molar-refractivity contribution in [3.63, 3.8) is 0 Å². The molecule has 1 amide bonds. The number of anilines is 1. The van der Waals surface area contributed by atoms with Crippen molar-refractivity contribution >= 4 is 23.3 Å². The zero-order valence-electron chi connectivity index (χ0n) is 15.4. The Bertz CT molecular complexity index is 879. The van der Waals surface area contributed by atoms with E-state index in [2.05, 4.69) is 10.4 Å². The molecule has 27 heavy (non-hydrogen) atoms. The molecule has 1 N–H and O–H groups in total. The Kier molecular flexibility index (Phi) is 4.29. The van der Waals surface area contributed by atoms with E-state index in [1.807, 2.05) is 31.3 Å². The maximum Gasteiger partial charge on any atom is 0.250 e. The quantitative estimate of drug-likeness (QED) is 0.757. The maximum atomic E-state index is 13.3. The molecule has 0 radical (unpaired) electrons. The Labute approximate surface area is 161 Å². The van der Waals surface area contributed by atoms with Crippen molar-refractivity contribution in [3.05, 3.63) is 34.9 Å². The fourth-order valence-corrected chi connectivity index (χ4v) is 4.30. The molecule has 0 bridgehead atoms. The number of halogens is 3. The van der Waals surface area contributed by atoms with E-state index in [1.54, 1.807) is 11.6 Å². The van der Waals surface area contributed by atoms with Gasteiger partial charge in [-0.15, -0.1) is 0 Å². The van der Waals surface area contributed by atoms with Gasteiger partial charge in [0.2, 0.25) is 11.8 Å². The summed E-state index contributed by atoms with van der Waals surface area (Å²) in [6.07, 6.45) is 2.37. The SMILES string of the molecule is Cn1nc(NC(=O)C2(C)CC(F)(F)C2)c(C2CCC2)c1-c1ccc(Cl)cc1. The number of nitrogens with one attached hydrogen (secondary N) is 1. The van der Waals surface area contributed by atoms with E-state index in [0.29, 0.717) is 16.8 Å². The predicted octanol–water partition coefficient (Wildman–Crippen LogP) is 5.38. The van der Waals surface area contributed by atoms with Crippen LogP contribution in [0.1, 0.15) is 50.5 Å². The van der Waals surface area contributed by atoms with Crippen LogP contribution in [0.4, 0.5) is 14.6 Å². The normalized spacial score (nSPS) is 20.6. The Hall–Kier alpha value is -1.95. The highest BCUT2D eigenvalue weighted by molar-refractivity contribution is 6.30. The predicted molar refractivity (Wildman–Crippen MR) is 101 cm³/mol. The lowest BCUT2D eigenvalue weighted by molar-refractivity contribution is -0.170. The minimum absolute atomic E-state index is 0.315. The molecule has 1 heterocycles. The molecule has 4 nitrogen and oxygen atoms in total. The first-order chi connectivity index (χ1) is 12.7. The summed E-state index contributed by atoms with van der Waals surface area (Å²) in [5, 5.41) is 8.03. The molecule has 2 fully saturated rings. The highest BCUT2D eigenvalue weighted by atomic mass is 35.5. The van der Waals surface area contributed by atoms with Gasteiger partial charge in [0.1, 0.15) is 0 Å². The van der Waals surface area contributed by atoms with Crippen molar-refractivity contribution in [2.45, 2.75) is 50.9 Å². The summed E-state index contributed by atoms with van der Waals surface area (Å²) >= 11 is 6.01. The molecule has 0 spiro atoms.